The molecule has 0 bridgehead atoms. The van der Waals surface area contributed by atoms with Crippen molar-refractivity contribution in [3.63, 3.8) is 0 Å². The van der Waals surface area contributed by atoms with Crippen molar-refractivity contribution in [3.8, 4) is 0 Å². The first-order chi connectivity index (χ1) is 6.68. The van der Waals surface area contributed by atoms with E-state index in [1.807, 2.05) is 0 Å². The van der Waals surface area contributed by atoms with Crippen LogP contribution in [0.3, 0.4) is 0 Å². The maximum Gasteiger partial charge on any atom is 0.303 e. The molecule has 1 unspecified atom stereocenters. The molecule has 0 amide bonds. The summed E-state index contributed by atoms with van der Waals surface area (Å²) in [5.74, 6) is 0.822. The highest BCUT2D eigenvalue weighted by Gasteiger charge is 2.16. The van der Waals surface area contributed by atoms with Crippen LogP contribution in [0.2, 0.25) is 0 Å². The molecule has 1 saturated carbocycles. The molecule has 1 aliphatic carbocycles. The van der Waals surface area contributed by atoms with Gasteiger partial charge in [0, 0.05) is 6.42 Å². The van der Waals surface area contributed by atoms with E-state index in [2.05, 4.69) is 6.92 Å². The Labute approximate surface area is 86.7 Å². The van der Waals surface area contributed by atoms with Gasteiger partial charge in [0.05, 0.1) is 0 Å². The van der Waals surface area contributed by atoms with Crippen LogP contribution in [-0.4, -0.2) is 11.1 Å². The molecule has 1 rings (SSSR count). The Morgan fingerprint density at radius 3 is 2.57 bits per heavy atom. The average molecular weight is 198 g/mol. The van der Waals surface area contributed by atoms with Crippen LogP contribution < -0.4 is 0 Å². The Kier molecular flexibility index (Phi) is 4.99. The molecule has 0 saturated heterocycles. The second-order valence-electron chi connectivity index (χ2n) is 4.78. The largest absolute Gasteiger partial charge is 0.481 e. The summed E-state index contributed by atoms with van der Waals surface area (Å²) in [5.41, 5.74) is 0. The molecule has 0 aromatic rings. The number of aliphatic carboxylic acids is 1. The molecular formula is C12H22O2. The zero-order valence-electron chi connectivity index (χ0n) is 9.17. The van der Waals surface area contributed by atoms with Crippen LogP contribution in [-0.2, 0) is 4.79 Å². The first-order valence-electron chi connectivity index (χ1n) is 5.90. The molecule has 1 atom stereocenters. The lowest BCUT2D eigenvalue weighted by Gasteiger charge is -2.24. The quantitative estimate of drug-likeness (QED) is 0.734. The van der Waals surface area contributed by atoms with Crippen LogP contribution in [0.25, 0.3) is 0 Å². The summed E-state index contributed by atoms with van der Waals surface area (Å²) in [4.78, 5) is 10.4. The lowest BCUT2D eigenvalue weighted by molar-refractivity contribution is -0.137. The van der Waals surface area contributed by atoms with Gasteiger partial charge in [0.2, 0.25) is 0 Å². The molecule has 0 radical (unpaired) electrons. The molecule has 0 heterocycles. The van der Waals surface area contributed by atoms with Crippen molar-refractivity contribution in [1.29, 1.82) is 0 Å². The molecule has 2 heteroatoms. The van der Waals surface area contributed by atoms with Crippen molar-refractivity contribution < 1.29 is 9.90 Å². The van der Waals surface area contributed by atoms with E-state index in [9.17, 15) is 4.79 Å². The summed E-state index contributed by atoms with van der Waals surface area (Å²) in [6.45, 7) is 2.19. The number of hydrogen-bond acceptors (Lipinski definition) is 1. The standard InChI is InChI=1S/C12H22O2/c1-10(7-8-12(13)14)9-11-5-3-2-4-6-11/h10-11H,2-9H2,1H3,(H,13,14). The van der Waals surface area contributed by atoms with Gasteiger partial charge < -0.3 is 5.11 Å². The van der Waals surface area contributed by atoms with Crippen molar-refractivity contribution in [3.05, 3.63) is 0 Å². The molecule has 82 valence electrons. The number of hydrogen-bond donors (Lipinski definition) is 1. The Hall–Kier alpha value is -0.530. The van der Waals surface area contributed by atoms with Crippen molar-refractivity contribution in [1.82, 2.24) is 0 Å². The Bertz CT molecular complexity index is 171. The van der Waals surface area contributed by atoms with Gasteiger partial charge in [0.25, 0.3) is 0 Å². The average Bonchev–Trinajstić information content (AvgIpc) is 2.16. The third-order valence-corrected chi connectivity index (χ3v) is 3.31. The fourth-order valence-corrected chi connectivity index (χ4v) is 2.48. The van der Waals surface area contributed by atoms with E-state index in [1.165, 1.54) is 38.5 Å². The van der Waals surface area contributed by atoms with E-state index in [0.717, 1.165) is 12.3 Å². The van der Waals surface area contributed by atoms with E-state index in [4.69, 9.17) is 5.11 Å². The molecule has 1 N–H and O–H groups in total. The molecule has 14 heavy (non-hydrogen) atoms. The van der Waals surface area contributed by atoms with Crippen LogP contribution in [0, 0.1) is 11.8 Å². The van der Waals surface area contributed by atoms with Gasteiger partial charge in [0.15, 0.2) is 0 Å². The summed E-state index contributed by atoms with van der Waals surface area (Å²) >= 11 is 0. The third-order valence-electron chi connectivity index (χ3n) is 3.31. The lowest BCUT2D eigenvalue weighted by atomic mass is 9.82. The number of carbonyl (C=O) groups is 1. The highest BCUT2D eigenvalue weighted by Crippen LogP contribution is 2.30. The monoisotopic (exact) mass is 198 g/mol. The highest BCUT2D eigenvalue weighted by molar-refractivity contribution is 5.66. The van der Waals surface area contributed by atoms with Gasteiger partial charge in [-0.2, -0.15) is 0 Å². The Morgan fingerprint density at radius 1 is 1.36 bits per heavy atom. The van der Waals surface area contributed by atoms with E-state index in [-0.39, 0.29) is 0 Å². The van der Waals surface area contributed by atoms with Crippen molar-refractivity contribution in [2.75, 3.05) is 0 Å². The number of carboxylic acid groups (broad SMARTS) is 1. The summed E-state index contributed by atoms with van der Waals surface area (Å²) in [7, 11) is 0. The highest BCUT2D eigenvalue weighted by atomic mass is 16.4. The van der Waals surface area contributed by atoms with Crippen molar-refractivity contribution in [2.45, 2.75) is 58.3 Å². The SMILES string of the molecule is CC(CCC(=O)O)CC1CCCCC1. The minimum atomic E-state index is -0.652. The minimum Gasteiger partial charge on any atom is -0.481 e. The lowest BCUT2D eigenvalue weighted by Crippen LogP contribution is -2.11. The van der Waals surface area contributed by atoms with Gasteiger partial charge >= 0.3 is 5.97 Å². The van der Waals surface area contributed by atoms with E-state index >= 15 is 0 Å². The molecule has 1 fully saturated rings. The van der Waals surface area contributed by atoms with E-state index in [0.29, 0.717) is 12.3 Å². The van der Waals surface area contributed by atoms with Gasteiger partial charge in [0.1, 0.15) is 0 Å². The van der Waals surface area contributed by atoms with Crippen LogP contribution in [0.15, 0.2) is 0 Å². The molecule has 1 aliphatic rings. The molecule has 0 spiro atoms. The molecule has 0 aliphatic heterocycles. The van der Waals surface area contributed by atoms with Crippen LogP contribution >= 0.6 is 0 Å². The van der Waals surface area contributed by atoms with Gasteiger partial charge in [-0.25, -0.2) is 0 Å². The molecular weight excluding hydrogens is 176 g/mol. The second-order valence-corrected chi connectivity index (χ2v) is 4.78. The predicted octanol–water partition coefficient (Wildman–Crippen LogP) is 3.46. The Balaban J connectivity index is 2.11. The van der Waals surface area contributed by atoms with Crippen molar-refractivity contribution in [2.24, 2.45) is 11.8 Å². The second kappa shape index (κ2) is 6.05. The van der Waals surface area contributed by atoms with Crippen LogP contribution in [0.4, 0.5) is 0 Å². The first kappa shape index (κ1) is 11.5. The molecule has 2 nitrogen and oxygen atoms in total. The maximum absolute atomic E-state index is 10.4. The first-order valence-corrected chi connectivity index (χ1v) is 5.90. The van der Waals surface area contributed by atoms with Gasteiger partial charge in [-0.05, 0) is 24.7 Å². The van der Waals surface area contributed by atoms with E-state index in [1.54, 1.807) is 0 Å². The smallest absolute Gasteiger partial charge is 0.303 e. The summed E-state index contributed by atoms with van der Waals surface area (Å²) in [6, 6.07) is 0. The number of rotatable bonds is 5. The summed E-state index contributed by atoms with van der Waals surface area (Å²) < 4.78 is 0. The Morgan fingerprint density at radius 2 is 2.00 bits per heavy atom. The predicted molar refractivity (Wildman–Crippen MR) is 57.2 cm³/mol. The minimum absolute atomic E-state index is 0.341. The number of carboxylic acids is 1. The summed E-state index contributed by atoms with van der Waals surface area (Å²) in [6.07, 6.45) is 9.36. The zero-order valence-corrected chi connectivity index (χ0v) is 9.17. The normalized spacial score (nSPS) is 20.6. The van der Waals surface area contributed by atoms with Crippen LogP contribution in [0.1, 0.15) is 58.3 Å². The van der Waals surface area contributed by atoms with Gasteiger partial charge in [-0.1, -0.05) is 39.0 Å². The van der Waals surface area contributed by atoms with Crippen molar-refractivity contribution >= 4 is 5.97 Å². The van der Waals surface area contributed by atoms with Gasteiger partial charge in [-0.15, -0.1) is 0 Å². The van der Waals surface area contributed by atoms with Crippen LogP contribution in [0.5, 0.6) is 0 Å². The zero-order chi connectivity index (χ0) is 10.4. The summed E-state index contributed by atoms with van der Waals surface area (Å²) in [5, 5.41) is 8.57. The molecule has 0 aromatic heterocycles. The third kappa shape index (κ3) is 4.64. The maximum atomic E-state index is 10.4. The van der Waals surface area contributed by atoms with Gasteiger partial charge in [-0.3, -0.25) is 4.79 Å². The topological polar surface area (TPSA) is 37.3 Å². The fourth-order valence-electron chi connectivity index (χ4n) is 2.48. The van der Waals surface area contributed by atoms with E-state index < -0.39 is 5.97 Å². The fraction of sp³-hybridized carbons (Fsp3) is 0.917. The molecule has 0 aromatic carbocycles.